The van der Waals surface area contributed by atoms with Gasteiger partial charge in [0.2, 0.25) is 0 Å². The van der Waals surface area contributed by atoms with Crippen LogP contribution in [-0.4, -0.2) is 51.3 Å². The minimum absolute atomic E-state index is 0.176. The Hall–Kier alpha value is -1.95. The van der Waals surface area contributed by atoms with E-state index in [0.29, 0.717) is 12.3 Å². The second-order valence-electron chi connectivity index (χ2n) is 4.73. The van der Waals surface area contributed by atoms with Gasteiger partial charge in [-0.3, -0.25) is 14.6 Å². The third kappa shape index (κ3) is 4.26. The molecule has 8 nitrogen and oxygen atoms in total. The first kappa shape index (κ1) is 17.1. The molecule has 2 unspecified atom stereocenters. The van der Waals surface area contributed by atoms with Gasteiger partial charge < -0.3 is 15.1 Å². The van der Waals surface area contributed by atoms with E-state index in [9.17, 15) is 18.7 Å². The van der Waals surface area contributed by atoms with E-state index < -0.39 is 37.4 Å². The minimum Gasteiger partial charge on any atom is -0.481 e. The Bertz CT molecular complexity index is 520. The SMILES string of the molecule is C=CCC1=NC(CC(C(=O)O)C(=O)O)CN1C(C)P(=O)=O. The molecule has 1 aliphatic rings. The molecule has 0 aromatic heterocycles. The van der Waals surface area contributed by atoms with Crippen molar-refractivity contribution in [2.75, 3.05) is 6.54 Å². The first-order valence-electron chi connectivity index (χ1n) is 6.31. The van der Waals surface area contributed by atoms with Gasteiger partial charge in [0.05, 0.1) is 6.04 Å². The number of amidine groups is 1. The number of rotatable bonds is 8. The molecule has 9 heteroatoms. The lowest BCUT2D eigenvalue weighted by molar-refractivity contribution is -0.154. The number of hydrogen-bond acceptors (Lipinski definition) is 6. The topological polar surface area (TPSA) is 124 Å². The Labute approximate surface area is 122 Å². The van der Waals surface area contributed by atoms with Crippen LogP contribution in [0.15, 0.2) is 17.6 Å². The molecule has 2 N–H and O–H groups in total. The normalized spacial score (nSPS) is 19.2. The van der Waals surface area contributed by atoms with E-state index in [0.717, 1.165) is 0 Å². The van der Waals surface area contributed by atoms with E-state index in [1.165, 1.54) is 6.92 Å². The fourth-order valence-electron chi connectivity index (χ4n) is 2.15. The molecule has 0 saturated heterocycles. The highest BCUT2D eigenvalue weighted by molar-refractivity contribution is 7.31. The largest absolute Gasteiger partial charge is 0.481 e. The highest BCUT2D eigenvalue weighted by Gasteiger charge is 2.35. The number of nitrogens with zero attached hydrogens (tertiary/aromatic N) is 2. The summed E-state index contributed by atoms with van der Waals surface area (Å²) < 4.78 is 22.2. The standard InChI is InChI=1S/C12H17N2O6P/c1-3-4-10-13-8(5-9(11(15)16)12(17)18)6-14(10)7(2)21(19)20/h3,7-9H,1,4-6H2,2H3,(H,15,16)(H,17,18). The van der Waals surface area contributed by atoms with Crippen LogP contribution in [0.1, 0.15) is 19.8 Å². The van der Waals surface area contributed by atoms with Gasteiger partial charge in [-0.2, -0.15) is 0 Å². The maximum absolute atomic E-state index is 11.1. The van der Waals surface area contributed by atoms with Crippen molar-refractivity contribution >= 4 is 25.5 Å². The maximum Gasteiger partial charge on any atom is 0.338 e. The molecule has 21 heavy (non-hydrogen) atoms. The Kier molecular flexibility index (Phi) is 5.84. The van der Waals surface area contributed by atoms with E-state index in [1.807, 2.05) is 0 Å². The van der Waals surface area contributed by atoms with Crippen molar-refractivity contribution in [3.05, 3.63) is 12.7 Å². The fraction of sp³-hybridized carbons (Fsp3) is 0.583. The summed E-state index contributed by atoms with van der Waals surface area (Å²) >= 11 is 0. The molecule has 0 aromatic carbocycles. The van der Waals surface area contributed by atoms with Gasteiger partial charge in [-0.25, -0.2) is 9.13 Å². The van der Waals surface area contributed by atoms with E-state index >= 15 is 0 Å². The molecule has 1 rings (SSSR count). The van der Waals surface area contributed by atoms with Crippen LogP contribution in [-0.2, 0) is 18.7 Å². The fourth-order valence-corrected chi connectivity index (χ4v) is 2.60. The molecule has 0 radical (unpaired) electrons. The summed E-state index contributed by atoms with van der Waals surface area (Å²) in [5.74, 6) is -4.71. The Morgan fingerprint density at radius 2 is 2.05 bits per heavy atom. The summed E-state index contributed by atoms with van der Waals surface area (Å²) in [7, 11) is -2.70. The van der Waals surface area contributed by atoms with E-state index in [4.69, 9.17) is 10.2 Å². The third-order valence-electron chi connectivity index (χ3n) is 3.26. The molecular weight excluding hydrogens is 299 g/mol. The molecule has 0 bridgehead atoms. The van der Waals surface area contributed by atoms with E-state index in [-0.39, 0.29) is 13.0 Å². The van der Waals surface area contributed by atoms with Crippen LogP contribution in [0.4, 0.5) is 0 Å². The van der Waals surface area contributed by atoms with Gasteiger partial charge in [-0.1, -0.05) is 6.08 Å². The lowest BCUT2D eigenvalue weighted by atomic mass is 10.0. The van der Waals surface area contributed by atoms with Crippen LogP contribution in [0.5, 0.6) is 0 Å². The van der Waals surface area contributed by atoms with Gasteiger partial charge in [0.25, 0.3) is 0 Å². The monoisotopic (exact) mass is 316 g/mol. The van der Waals surface area contributed by atoms with Crippen molar-refractivity contribution in [3.8, 4) is 0 Å². The smallest absolute Gasteiger partial charge is 0.338 e. The minimum atomic E-state index is -2.70. The second kappa shape index (κ2) is 7.17. The predicted octanol–water partition coefficient (Wildman–Crippen LogP) is 1.34. The first-order chi connectivity index (χ1) is 9.77. The molecule has 0 fully saturated rings. The van der Waals surface area contributed by atoms with Crippen molar-refractivity contribution in [2.45, 2.75) is 31.6 Å². The van der Waals surface area contributed by atoms with Crippen LogP contribution in [0.2, 0.25) is 0 Å². The average molecular weight is 316 g/mol. The third-order valence-corrected chi connectivity index (χ3v) is 4.15. The molecule has 0 saturated carbocycles. The van der Waals surface area contributed by atoms with Crippen molar-refractivity contribution < 1.29 is 28.9 Å². The number of aliphatic carboxylic acids is 2. The Balaban J connectivity index is 2.90. The molecule has 0 aromatic rings. The number of carboxylic acid groups (broad SMARTS) is 2. The van der Waals surface area contributed by atoms with Gasteiger partial charge in [0, 0.05) is 13.0 Å². The van der Waals surface area contributed by atoms with Crippen molar-refractivity contribution in [1.29, 1.82) is 0 Å². The average Bonchev–Trinajstić information content (AvgIpc) is 2.77. The van der Waals surface area contributed by atoms with Gasteiger partial charge in [-0.05, 0) is 13.3 Å². The van der Waals surface area contributed by atoms with Crippen LogP contribution in [0.25, 0.3) is 0 Å². The quantitative estimate of drug-likeness (QED) is 0.393. The van der Waals surface area contributed by atoms with Crippen molar-refractivity contribution in [3.63, 3.8) is 0 Å². The highest BCUT2D eigenvalue weighted by atomic mass is 31.1. The zero-order valence-corrected chi connectivity index (χ0v) is 12.4. The maximum atomic E-state index is 11.1. The molecule has 116 valence electrons. The van der Waals surface area contributed by atoms with Crippen LogP contribution >= 0.6 is 7.68 Å². The number of aliphatic imine (C=N–C) groups is 1. The molecule has 2 atom stereocenters. The number of hydrogen-bond donors (Lipinski definition) is 2. The molecule has 1 heterocycles. The van der Waals surface area contributed by atoms with Crippen molar-refractivity contribution in [1.82, 2.24) is 4.90 Å². The molecule has 1 aliphatic heterocycles. The van der Waals surface area contributed by atoms with E-state index in [1.54, 1.807) is 11.0 Å². The van der Waals surface area contributed by atoms with Crippen LogP contribution in [0, 0.1) is 5.92 Å². The summed E-state index contributed by atoms with van der Waals surface area (Å²) in [6, 6.07) is -0.561. The Morgan fingerprint density at radius 1 is 1.48 bits per heavy atom. The number of carbonyl (C=O) groups is 2. The van der Waals surface area contributed by atoms with Crippen LogP contribution in [0.3, 0.4) is 0 Å². The summed E-state index contributed by atoms with van der Waals surface area (Å²) in [6.07, 6.45) is 1.73. The number of carboxylic acids is 2. The lowest BCUT2D eigenvalue weighted by Gasteiger charge is -2.23. The predicted molar refractivity (Wildman–Crippen MR) is 73.9 cm³/mol. The highest BCUT2D eigenvalue weighted by Crippen LogP contribution is 2.27. The zero-order chi connectivity index (χ0) is 16.2. The molecule has 0 spiro atoms. The van der Waals surface area contributed by atoms with Gasteiger partial charge in [0.1, 0.15) is 11.6 Å². The van der Waals surface area contributed by atoms with Crippen LogP contribution < -0.4 is 0 Å². The summed E-state index contributed by atoms with van der Waals surface area (Å²) in [4.78, 5) is 27.6. The summed E-state index contributed by atoms with van der Waals surface area (Å²) in [6.45, 7) is 5.24. The first-order valence-corrected chi connectivity index (χ1v) is 7.55. The van der Waals surface area contributed by atoms with Gasteiger partial charge in [-0.15, -0.1) is 6.58 Å². The Morgan fingerprint density at radius 3 is 2.48 bits per heavy atom. The zero-order valence-electron chi connectivity index (χ0n) is 11.5. The summed E-state index contributed by atoms with van der Waals surface area (Å²) in [5, 5.41) is 17.8. The van der Waals surface area contributed by atoms with Gasteiger partial charge in [0.15, 0.2) is 5.92 Å². The van der Waals surface area contributed by atoms with Gasteiger partial charge >= 0.3 is 19.6 Å². The summed E-state index contributed by atoms with van der Waals surface area (Å²) in [5.41, 5.74) is 0. The van der Waals surface area contributed by atoms with E-state index in [2.05, 4.69) is 11.6 Å². The lowest BCUT2D eigenvalue weighted by Crippen LogP contribution is -2.35. The molecular formula is C12H17N2O6P. The molecule has 0 aliphatic carbocycles. The van der Waals surface area contributed by atoms with Crippen molar-refractivity contribution in [2.24, 2.45) is 10.9 Å². The molecule has 0 amide bonds. The second-order valence-corrected chi connectivity index (χ2v) is 6.04.